The molecule has 3 aliphatic rings. The van der Waals surface area contributed by atoms with Crippen LogP contribution in [0.3, 0.4) is 0 Å². The van der Waals surface area contributed by atoms with E-state index in [1.807, 2.05) is 17.0 Å². The fraction of sp³-hybridized carbons (Fsp3) is 0.458. The number of piperidine rings is 1. The standard InChI is InChI=1S/C24H27FN2O2/c1-26-14-18-6-7-19(15-26)23(18)29-24(28)27-13-12-16-4-2-3-5-21(16)22(27)17-8-10-20(25)11-9-17/h2-5,8-11,18-19,22-23H,6-7,12-15H2,1H3/t18-,19?,22?,23?/m0/s1. The maximum atomic E-state index is 13.5. The fourth-order valence-electron chi connectivity index (χ4n) is 5.55. The fourth-order valence-corrected chi connectivity index (χ4v) is 5.55. The smallest absolute Gasteiger partial charge is 0.410 e. The summed E-state index contributed by atoms with van der Waals surface area (Å²) in [5, 5.41) is 0. The molecule has 0 N–H and O–H groups in total. The summed E-state index contributed by atoms with van der Waals surface area (Å²) in [5.74, 6) is 0.600. The number of amides is 1. The zero-order valence-electron chi connectivity index (χ0n) is 16.8. The number of hydrogen-bond donors (Lipinski definition) is 0. The second-order valence-corrected chi connectivity index (χ2v) is 8.76. The van der Waals surface area contributed by atoms with Crippen molar-refractivity contribution in [1.29, 1.82) is 0 Å². The first kappa shape index (κ1) is 18.6. The van der Waals surface area contributed by atoms with Gasteiger partial charge < -0.3 is 9.64 Å². The third-order valence-electron chi connectivity index (χ3n) is 6.87. The molecule has 1 aliphatic carbocycles. The van der Waals surface area contributed by atoms with Crippen LogP contribution in [0, 0.1) is 17.7 Å². The lowest BCUT2D eigenvalue weighted by molar-refractivity contribution is -0.0139. The Morgan fingerprint density at radius 1 is 1.03 bits per heavy atom. The molecular weight excluding hydrogens is 367 g/mol. The first-order valence-corrected chi connectivity index (χ1v) is 10.6. The van der Waals surface area contributed by atoms with Crippen LogP contribution in [0.1, 0.15) is 35.6 Å². The zero-order chi connectivity index (χ0) is 20.0. The highest BCUT2D eigenvalue weighted by molar-refractivity contribution is 5.70. The minimum Gasteiger partial charge on any atom is -0.445 e. The van der Waals surface area contributed by atoms with E-state index >= 15 is 0 Å². The Hall–Kier alpha value is -2.40. The molecule has 5 heteroatoms. The topological polar surface area (TPSA) is 32.8 Å². The monoisotopic (exact) mass is 394 g/mol. The molecule has 3 unspecified atom stereocenters. The van der Waals surface area contributed by atoms with Gasteiger partial charge in [-0.2, -0.15) is 0 Å². The average Bonchev–Trinajstić information content (AvgIpc) is 2.96. The summed E-state index contributed by atoms with van der Waals surface area (Å²) in [5.41, 5.74) is 3.26. The Morgan fingerprint density at radius 2 is 1.72 bits per heavy atom. The van der Waals surface area contributed by atoms with Crippen molar-refractivity contribution in [3.63, 3.8) is 0 Å². The number of likely N-dealkylation sites (tertiary alicyclic amines) is 1. The largest absolute Gasteiger partial charge is 0.445 e. The maximum Gasteiger partial charge on any atom is 0.410 e. The van der Waals surface area contributed by atoms with Crippen molar-refractivity contribution in [1.82, 2.24) is 9.80 Å². The first-order valence-electron chi connectivity index (χ1n) is 10.6. The van der Waals surface area contributed by atoms with Crippen molar-refractivity contribution < 1.29 is 13.9 Å². The van der Waals surface area contributed by atoms with Gasteiger partial charge in [-0.15, -0.1) is 0 Å². The van der Waals surface area contributed by atoms with E-state index < -0.39 is 0 Å². The Morgan fingerprint density at radius 3 is 2.45 bits per heavy atom. The number of carbonyl (C=O) groups excluding carboxylic acids is 1. The molecule has 5 rings (SSSR count). The van der Waals surface area contributed by atoms with Crippen molar-refractivity contribution in [3.05, 3.63) is 71.0 Å². The SMILES string of the molecule is CN1CC2CC[C@@H](C1)C2OC(=O)N1CCc2ccccc2C1c1ccc(F)cc1. The molecular formula is C24H27FN2O2. The molecule has 0 aromatic heterocycles. The Bertz CT molecular complexity index is 886. The van der Waals surface area contributed by atoms with Crippen LogP contribution in [0.25, 0.3) is 0 Å². The summed E-state index contributed by atoms with van der Waals surface area (Å²) >= 11 is 0. The lowest BCUT2D eigenvalue weighted by atomic mass is 9.88. The summed E-state index contributed by atoms with van der Waals surface area (Å²) in [6.07, 6.45) is 2.86. The van der Waals surface area contributed by atoms with Gasteiger partial charge in [-0.1, -0.05) is 36.4 Å². The van der Waals surface area contributed by atoms with Gasteiger partial charge in [-0.05, 0) is 55.1 Å². The van der Waals surface area contributed by atoms with Crippen LogP contribution in [-0.2, 0) is 11.2 Å². The predicted octanol–water partition coefficient (Wildman–Crippen LogP) is 4.25. The summed E-state index contributed by atoms with van der Waals surface area (Å²) in [4.78, 5) is 17.5. The molecule has 1 saturated carbocycles. The molecule has 2 fully saturated rings. The molecule has 2 bridgehead atoms. The first-order chi connectivity index (χ1) is 14.1. The second-order valence-electron chi connectivity index (χ2n) is 8.76. The highest BCUT2D eigenvalue weighted by Gasteiger charge is 2.45. The molecule has 0 radical (unpaired) electrons. The van der Waals surface area contributed by atoms with E-state index in [4.69, 9.17) is 4.74 Å². The number of hydrogen-bond acceptors (Lipinski definition) is 3. The summed E-state index contributed by atoms with van der Waals surface area (Å²) < 4.78 is 19.7. The summed E-state index contributed by atoms with van der Waals surface area (Å²) in [6.45, 7) is 2.61. The number of halogens is 1. The van der Waals surface area contributed by atoms with E-state index in [9.17, 15) is 9.18 Å². The van der Waals surface area contributed by atoms with Crippen LogP contribution in [0.15, 0.2) is 48.5 Å². The predicted molar refractivity (Wildman–Crippen MR) is 109 cm³/mol. The number of fused-ring (bicyclic) bond motifs is 3. The Kier molecular flexibility index (Phi) is 4.78. The number of nitrogens with zero attached hydrogens (tertiary/aromatic N) is 2. The van der Waals surface area contributed by atoms with Gasteiger partial charge in [0.15, 0.2) is 0 Å². The molecule has 2 aliphatic heterocycles. The molecule has 1 saturated heterocycles. The van der Waals surface area contributed by atoms with E-state index in [-0.39, 0.29) is 24.1 Å². The second kappa shape index (κ2) is 7.45. The summed E-state index contributed by atoms with van der Waals surface area (Å²) in [7, 11) is 2.15. The zero-order valence-corrected chi connectivity index (χ0v) is 16.8. The van der Waals surface area contributed by atoms with E-state index in [1.165, 1.54) is 17.7 Å². The van der Waals surface area contributed by atoms with Crippen LogP contribution in [0.2, 0.25) is 0 Å². The maximum absolute atomic E-state index is 13.5. The minimum absolute atomic E-state index is 0.0183. The molecule has 4 atom stereocenters. The van der Waals surface area contributed by atoms with E-state index in [0.717, 1.165) is 43.5 Å². The Labute approximate surface area is 171 Å². The van der Waals surface area contributed by atoms with Crippen LogP contribution in [-0.4, -0.2) is 48.7 Å². The number of benzene rings is 2. The number of rotatable bonds is 2. The average molecular weight is 394 g/mol. The quantitative estimate of drug-likeness (QED) is 0.763. The van der Waals surface area contributed by atoms with Crippen LogP contribution in [0.4, 0.5) is 9.18 Å². The normalized spacial score (nSPS) is 28.8. The van der Waals surface area contributed by atoms with Gasteiger partial charge >= 0.3 is 6.09 Å². The molecule has 2 aromatic carbocycles. The minimum atomic E-state index is -0.269. The van der Waals surface area contributed by atoms with Gasteiger partial charge in [0.25, 0.3) is 0 Å². The van der Waals surface area contributed by atoms with Gasteiger partial charge in [0, 0.05) is 31.5 Å². The van der Waals surface area contributed by atoms with Crippen molar-refractivity contribution in [2.24, 2.45) is 11.8 Å². The van der Waals surface area contributed by atoms with E-state index in [0.29, 0.717) is 18.4 Å². The third kappa shape index (κ3) is 3.42. The lowest BCUT2D eigenvalue weighted by Crippen LogP contribution is -2.48. The van der Waals surface area contributed by atoms with Crippen LogP contribution in [0.5, 0.6) is 0 Å². The van der Waals surface area contributed by atoms with E-state index in [1.54, 1.807) is 12.1 Å². The van der Waals surface area contributed by atoms with Gasteiger partial charge in [0.05, 0.1) is 6.04 Å². The molecule has 1 amide bonds. The van der Waals surface area contributed by atoms with Gasteiger partial charge in [-0.25, -0.2) is 9.18 Å². The lowest BCUT2D eigenvalue weighted by Gasteiger charge is -2.40. The number of ether oxygens (including phenoxy) is 1. The molecule has 29 heavy (non-hydrogen) atoms. The van der Waals surface area contributed by atoms with Gasteiger partial charge in [-0.3, -0.25) is 4.90 Å². The highest BCUT2D eigenvalue weighted by atomic mass is 19.1. The van der Waals surface area contributed by atoms with Gasteiger partial charge in [0.1, 0.15) is 11.9 Å². The van der Waals surface area contributed by atoms with Gasteiger partial charge in [0.2, 0.25) is 0 Å². The Balaban J connectivity index is 1.43. The van der Waals surface area contributed by atoms with Crippen LogP contribution < -0.4 is 0 Å². The molecule has 2 aromatic rings. The van der Waals surface area contributed by atoms with Crippen molar-refractivity contribution in [2.75, 3.05) is 26.7 Å². The molecule has 0 spiro atoms. The van der Waals surface area contributed by atoms with Crippen molar-refractivity contribution >= 4 is 6.09 Å². The molecule has 4 nitrogen and oxygen atoms in total. The van der Waals surface area contributed by atoms with Crippen LogP contribution >= 0.6 is 0 Å². The van der Waals surface area contributed by atoms with Crippen molar-refractivity contribution in [3.8, 4) is 0 Å². The molecule has 2 heterocycles. The highest BCUT2D eigenvalue weighted by Crippen LogP contribution is 2.40. The van der Waals surface area contributed by atoms with Crippen molar-refractivity contribution in [2.45, 2.75) is 31.4 Å². The third-order valence-corrected chi connectivity index (χ3v) is 6.87. The van der Waals surface area contributed by atoms with E-state index in [2.05, 4.69) is 24.1 Å². The molecule has 152 valence electrons. The summed E-state index contributed by atoms with van der Waals surface area (Å²) in [6, 6.07) is 14.5. The number of carbonyl (C=O) groups is 1.